The van der Waals surface area contributed by atoms with Crippen molar-refractivity contribution in [2.75, 3.05) is 7.11 Å². The van der Waals surface area contributed by atoms with E-state index in [4.69, 9.17) is 27.9 Å². The topological polar surface area (TPSA) is 50.7 Å². The number of methoxy groups -OCH3 is 1. The van der Waals surface area contributed by atoms with Gasteiger partial charge in [-0.1, -0.05) is 44.0 Å². The van der Waals surface area contributed by atoms with E-state index < -0.39 is 0 Å². The Morgan fingerprint density at radius 1 is 1.29 bits per heavy atom. The lowest BCUT2D eigenvalue weighted by molar-refractivity contribution is 0.0954. The Hall–Kier alpha value is -1.26. The van der Waals surface area contributed by atoms with Crippen LogP contribution in [-0.2, 0) is 0 Å². The van der Waals surface area contributed by atoms with Gasteiger partial charge in [-0.25, -0.2) is 5.43 Å². The lowest BCUT2D eigenvalue weighted by Gasteiger charge is -2.34. The summed E-state index contributed by atoms with van der Waals surface area (Å²) in [6.45, 7) is 6.86. The Morgan fingerprint density at radius 3 is 2.38 bits per heavy atom. The van der Waals surface area contributed by atoms with Crippen molar-refractivity contribution in [3.63, 3.8) is 0 Å². The van der Waals surface area contributed by atoms with Crippen molar-refractivity contribution in [3.8, 4) is 5.75 Å². The maximum atomic E-state index is 12.4. The molecule has 0 aromatic heterocycles. The molecular weight excluding hydrogens is 347 g/mol. The van der Waals surface area contributed by atoms with Crippen LogP contribution < -0.4 is 10.2 Å². The average molecular weight is 369 g/mol. The third-order valence-corrected chi connectivity index (χ3v) is 6.83. The van der Waals surface area contributed by atoms with Crippen LogP contribution in [0.5, 0.6) is 5.75 Å². The second-order valence-electron chi connectivity index (χ2n) is 7.47. The standard InChI is InChI=1S/C18H22Cl2N2O2/c1-17(2)11-5-6-18(17,3)14(9-11)21-22-16(23)10-7-12(19)15(24-4)13(20)8-10/h7-8,11H,5-6,9H2,1-4H3,(H,22,23)/b21-14-/t11-,18-/m0/s1. The molecule has 130 valence electrons. The van der Waals surface area contributed by atoms with E-state index in [1.165, 1.54) is 25.7 Å². The van der Waals surface area contributed by atoms with Gasteiger partial charge in [0.2, 0.25) is 0 Å². The molecule has 2 fully saturated rings. The van der Waals surface area contributed by atoms with Gasteiger partial charge in [-0.3, -0.25) is 4.79 Å². The Kier molecular flexibility index (Phi) is 4.33. The van der Waals surface area contributed by atoms with Crippen LogP contribution in [0.2, 0.25) is 10.0 Å². The van der Waals surface area contributed by atoms with E-state index in [1.807, 2.05) is 0 Å². The molecule has 0 spiro atoms. The summed E-state index contributed by atoms with van der Waals surface area (Å²) in [6, 6.07) is 3.07. The van der Waals surface area contributed by atoms with E-state index in [-0.39, 0.29) is 16.7 Å². The Bertz CT molecular complexity index is 707. The van der Waals surface area contributed by atoms with E-state index in [0.29, 0.717) is 27.3 Å². The molecule has 4 nitrogen and oxygen atoms in total. The number of nitrogens with one attached hydrogen (secondary N) is 1. The summed E-state index contributed by atoms with van der Waals surface area (Å²) in [6.07, 6.45) is 3.31. The van der Waals surface area contributed by atoms with Crippen molar-refractivity contribution in [2.24, 2.45) is 21.8 Å². The molecule has 0 saturated heterocycles. The summed E-state index contributed by atoms with van der Waals surface area (Å²) in [5.41, 5.74) is 4.40. The second-order valence-corrected chi connectivity index (χ2v) is 8.28. The molecule has 2 atom stereocenters. The molecular formula is C18H22Cl2N2O2. The number of nitrogens with zero attached hydrogens (tertiary/aromatic N) is 1. The van der Waals surface area contributed by atoms with Crippen molar-refractivity contribution in [2.45, 2.75) is 40.0 Å². The largest absolute Gasteiger partial charge is 0.494 e. The number of halogens is 2. The molecule has 0 aliphatic heterocycles. The zero-order chi connectivity index (χ0) is 17.7. The summed E-state index contributed by atoms with van der Waals surface area (Å²) in [5.74, 6) is 0.685. The Morgan fingerprint density at radius 2 is 1.92 bits per heavy atom. The number of hydrogen-bond acceptors (Lipinski definition) is 3. The van der Waals surface area contributed by atoms with E-state index in [1.54, 1.807) is 0 Å². The molecule has 2 bridgehead atoms. The van der Waals surface area contributed by atoms with Crippen LogP contribution in [0.15, 0.2) is 17.2 Å². The first-order chi connectivity index (χ1) is 11.2. The summed E-state index contributed by atoms with van der Waals surface area (Å²) < 4.78 is 5.10. The molecule has 1 aromatic carbocycles. The molecule has 2 aliphatic carbocycles. The van der Waals surface area contributed by atoms with Gasteiger partial charge in [-0.2, -0.15) is 5.10 Å². The van der Waals surface area contributed by atoms with Crippen molar-refractivity contribution in [1.82, 2.24) is 5.43 Å². The highest BCUT2D eigenvalue weighted by molar-refractivity contribution is 6.37. The molecule has 24 heavy (non-hydrogen) atoms. The lowest BCUT2D eigenvalue weighted by Crippen LogP contribution is -2.34. The molecule has 0 heterocycles. The van der Waals surface area contributed by atoms with Gasteiger partial charge in [0.25, 0.3) is 5.91 Å². The number of rotatable bonds is 3. The van der Waals surface area contributed by atoms with Gasteiger partial charge in [0, 0.05) is 16.7 Å². The predicted octanol–water partition coefficient (Wildman–Crippen LogP) is 4.93. The molecule has 1 amide bonds. The number of hydrogen-bond donors (Lipinski definition) is 1. The van der Waals surface area contributed by atoms with Crippen LogP contribution in [-0.4, -0.2) is 18.7 Å². The van der Waals surface area contributed by atoms with Crippen LogP contribution in [0.25, 0.3) is 0 Å². The lowest BCUT2D eigenvalue weighted by atomic mass is 9.70. The van der Waals surface area contributed by atoms with E-state index in [0.717, 1.165) is 18.6 Å². The first-order valence-corrected chi connectivity index (χ1v) is 8.86. The van der Waals surface area contributed by atoms with Gasteiger partial charge in [0.1, 0.15) is 0 Å². The normalized spacial score (nSPS) is 29.1. The number of carbonyl (C=O) groups is 1. The van der Waals surface area contributed by atoms with Crippen LogP contribution in [0.3, 0.4) is 0 Å². The molecule has 2 saturated carbocycles. The van der Waals surface area contributed by atoms with Crippen LogP contribution in [0, 0.1) is 16.7 Å². The summed E-state index contributed by atoms with van der Waals surface area (Å²) in [5, 5.41) is 5.05. The van der Waals surface area contributed by atoms with Gasteiger partial charge in [-0.15, -0.1) is 0 Å². The highest BCUT2D eigenvalue weighted by Gasteiger charge is 2.60. The zero-order valence-corrected chi connectivity index (χ0v) is 15.9. The average Bonchev–Trinajstić information content (AvgIpc) is 2.85. The van der Waals surface area contributed by atoms with Crippen molar-refractivity contribution in [3.05, 3.63) is 27.7 Å². The summed E-state index contributed by atoms with van der Waals surface area (Å²) >= 11 is 12.2. The smallest absolute Gasteiger partial charge is 0.271 e. The van der Waals surface area contributed by atoms with Crippen LogP contribution >= 0.6 is 23.2 Å². The zero-order valence-electron chi connectivity index (χ0n) is 14.4. The fraction of sp³-hybridized carbons (Fsp3) is 0.556. The quantitative estimate of drug-likeness (QED) is 0.768. The van der Waals surface area contributed by atoms with Gasteiger partial charge >= 0.3 is 0 Å². The summed E-state index contributed by atoms with van der Waals surface area (Å²) in [7, 11) is 1.48. The van der Waals surface area contributed by atoms with Gasteiger partial charge < -0.3 is 4.74 Å². The van der Waals surface area contributed by atoms with Gasteiger partial charge in [0.05, 0.1) is 17.2 Å². The third kappa shape index (κ3) is 2.51. The Labute approximate surface area is 152 Å². The minimum atomic E-state index is -0.321. The molecule has 6 heteroatoms. The van der Waals surface area contributed by atoms with Crippen molar-refractivity contribution >= 4 is 34.8 Å². The maximum Gasteiger partial charge on any atom is 0.271 e. The third-order valence-electron chi connectivity index (χ3n) is 6.27. The molecule has 0 unspecified atom stereocenters. The van der Waals surface area contributed by atoms with E-state index >= 15 is 0 Å². The molecule has 2 aliphatic rings. The molecule has 1 aromatic rings. The van der Waals surface area contributed by atoms with Gasteiger partial charge in [-0.05, 0) is 42.7 Å². The highest BCUT2D eigenvalue weighted by atomic mass is 35.5. The van der Waals surface area contributed by atoms with E-state index in [2.05, 4.69) is 31.3 Å². The molecule has 1 N–H and O–H groups in total. The van der Waals surface area contributed by atoms with E-state index in [9.17, 15) is 4.79 Å². The maximum absolute atomic E-state index is 12.4. The number of carbonyl (C=O) groups excluding carboxylic acids is 1. The number of amides is 1. The fourth-order valence-electron chi connectivity index (χ4n) is 4.17. The van der Waals surface area contributed by atoms with Crippen LogP contribution in [0.1, 0.15) is 50.4 Å². The number of ether oxygens (including phenoxy) is 1. The Balaban J connectivity index is 1.80. The second kappa shape index (κ2) is 5.92. The predicted molar refractivity (Wildman–Crippen MR) is 97.1 cm³/mol. The SMILES string of the molecule is COc1c(Cl)cc(C(=O)N/N=C2/C[C@@H]3CC[C@]2(C)C3(C)C)cc1Cl. The molecule has 0 radical (unpaired) electrons. The van der Waals surface area contributed by atoms with Gasteiger partial charge in [0.15, 0.2) is 5.75 Å². The summed E-state index contributed by atoms with van der Waals surface area (Å²) in [4.78, 5) is 12.4. The fourth-order valence-corrected chi connectivity index (χ4v) is 4.81. The first-order valence-electron chi connectivity index (χ1n) is 8.11. The highest BCUT2D eigenvalue weighted by Crippen LogP contribution is 2.63. The number of benzene rings is 1. The minimum absolute atomic E-state index is 0.0557. The number of hydrazone groups is 1. The number of fused-ring (bicyclic) bond motifs is 2. The van der Waals surface area contributed by atoms with Crippen molar-refractivity contribution < 1.29 is 9.53 Å². The van der Waals surface area contributed by atoms with Crippen molar-refractivity contribution in [1.29, 1.82) is 0 Å². The van der Waals surface area contributed by atoms with Crippen LogP contribution in [0.4, 0.5) is 0 Å². The monoisotopic (exact) mass is 368 g/mol. The molecule has 3 rings (SSSR count). The first kappa shape index (κ1) is 17.6. The minimum Gasteiger partial charge on any atom is -0.494 e.